The fourth-order valence-corrected chi connectivity index (χ4v) is 3.77. The van der Waals surface area contributed by atoms with Gasteiger partial charge < -0.3 is 4.90 Å². The summed E-state index contributed by atoms with van der Waals surface area (Å²) in [5.41, 5.74) is 2.92. The van der Waals surface area contributed by atoms with Gasteiger partial charge in [-0.05, 0) is 49.2 Å². The van der Waals surface area contributed by atoms with Gasteiger partial charge in [-0.3, -0.25) is 4.79 Å². The van der Waals surface area contributed by atoms with Gasteiger partial charge in [0.05, 0.1) is 16.8 Å². The van der Waals surface area contributed by atoms with Gasteiger partial charge in [-0.25, -0.2) is 9.37 Å². The number of pyridine rings is 1. The van der Waals surface area contributed by atoms with Gasteiger partial charge in [-0.1, -0.05) is 31.0 Å². The van der Waals surface area contributed by atoms with Crippen molar-refractivity contribution in [3.63, 3.8) is 0 Å². The number of hydrogen-bond acceptors (Lipinski definition) is 2. The maximum Gasteiger partial charge on any atom is 0.254 e. The number of hydrogen-bond donors (Lipinski definition) is 0. The summed E-state index contributed by atoms with van der Waals surface area (Å²) in [5.74, 6) is -0.259. The average molecular weight is 348 g/mol. The van der Waals surface area contributed by atoms with Gasteiger partial charge >= 0.3 is 0 Å². The molecule has 1 saturated carbocycles. The second-order valence-corrected chi connectivity index (χ2v) is 6.93. The van der Waals surface area contributed by atoms with E-state index < -0.39 is 0 Å². The van der Waals surface area contributed by atoms with Crippen molar-refractivity contribution in [1.29, 1.82) is 0 Å². The van der Waals surface area contributed by atoms with Crippen LogP contribution in [0, 0.1) is 5.82 Å². The van der Waals surface area contributed by atoms with Crippen LogP contribution in [0.15, 0.2) is 54.6 Å². The fraction of sp³-hybridized carbons (Fsp3) is 0.273. The first kappa shape index (κ1) is 16.7. The van der Waals surface area contributed by atoms with Gasteiger partial charge in [0.1, 0.15) is 5.82 Å². The Morgan fingerprint density at radius 1 is 1.08 bits per heavy atom. The van der Waals surface area contributed by atoms with Gasteiger partial charge in [-0.2, -0.15) is 0 Å². The number of fused-ring (bicyclic) bond motifs is 1. The van der Waals surface area contributed by atoms with E-state index in [9.17, 15) is 9.18 Å². The van der Waals surface area contributed by atoms with Gasteiger partial charge in [0.25, 0.3) is 5.91 Å². The predicted molar refractivity (Wildman–Crippen MR) is 101 cm³/mol. The van der Waals surface area contributed by atoms with Crippen LogP contribution in [0.3, 0.4) is 0 Å². The van der Waals surface area contributed by atoms with Crippen LogP contribution in [-0.4, -0.2) is 28.9 Å². The number of rotatable bonds is 3. The van der Waals surface area contributed by atoms with Gasteiger partial charge in [0.15, 0.2) is 0 Å². The summed E-state index contributed by atoms with van der Waals surface area (Å²) in [6.07, 6.45) is 4.49. The normalized spacial score (nSPS) is 14.7. The van der Waals surface area contributed by atoms with E-state index in [0.717, 1.165) is 29.3 Å². The lowest BCUT2D eigenvalue weighted by Gasteiger charge is -2.25. The Kier molecular flexibility index (Phi) is 4.41. The maximum atomic E-state index is 13.3. The lowest BCUT2D eigenvalue weighted by Crippen LogP contribution is -2.35. The van der Waals surface area contributed by atoms with E-state index >= 15 is 0 Å². The number of para-hydroxylation sites is 1. The highest BCUT2D eigenvalue weighted by Gasteiger charge is 2.25. The Morgan fingerprint density at radius 3 is 2.50 bits per heavy atom. The first-order valence-corrected chi connectivity index (χ1v) is 9.06. The Balaban J connectivity index is 1.81. The Morgan fingerprint density at radius 2 is 1.77 bits per heavy atom. The number of carbonyl (C=O) groups is 1. The van der Waals surface area contributed by atoms with Crippen molar-refractivity contribution in [1.82, 2.24) is 9.88 Å². The summed E-state index contributed by atoms with van der Waals surface area (Å²) in [7, 11) is 1.89. The van der Waals surface area contributed by atoms with E-state index in [1.807, 2.05) is 42.3 Å². The zero-order valence-electron chi connectivity index (χ0n) is 14.8. The largest absolute Gasteiger partial charge is 0.339 e. The highest BCUT2D eigenvalue weighted by Crippen LogP contribution is 2.28. The van der Waals surface area contributed by atoms with Crippen LogP contribution in [0.5, 0.6) is 0 Å². The van der Waals surface area contributed by atoms with Crippen LogP contribution >= 0.6 is 0 Å². The van der Waals surface area contributed by atoms with Crippen LogP contribution < -0.4 is 0 Å². The highest BCUT2D eigenvalue weighted by atomic mass is 19.1. The number of amides is 1. The van der Waals surface area contributed by atoms with Crippen LogP contribution in [0.4, 0.5) is 4.39 Å². The third-order valence-corrected chi connectivity index (χ3v) is 5.28. The van der Waals surface area contributed by atoms with Crippen LogP contribution in [0.1, 0.15) is 36.0 Å². The molecule has 26 heavy (non-hydrogen) atoms. The monoisotopic (exact) mass is 348 g/mol. The molecule has 4 rings (SSSR count). The van der Waals surface area contributed by atoms with E-state index in [2.05, 4.69) is 4.98 Å². The van der Waals surface area contributed by atoms with E-state index in [4.69, 9.17) is 0 Å². The smallest absolute Gasteiger partial charge is 0.254 e. The molecule has 1 aliphatic rings. The molecule has 132 valence electrons. The van der Waals surface area contributed by atoms with E-state index in [0.29, 0.717) is 17.3 Å². The number of aromatic nitrogens is 1. The van der Waals surface area contributed by atoms with Crippen molar-refractivity contribution in [3.8, 4) is 11.3 Å². The first-order valence-electron chi connectivity index (χ1n) is 9.06. The number of nitrogens with zero attached hydrogens (tertiary/aromatic N) is 2. The molecule has 1 aromatic heterocycles. The molecule has 0 aliphatic heterocycles. The first-order chi connectivity index (χ1) is 12.6. The minimum Gasteiger partial charge on any atom is -0.339 e. The average Bonchev–Trinajstić information content (AvgIpc) is 3.21. The molecule has 1 heterocycles. The van der Waals surface area contributed by atoms with Gasteiger partial charge in [-0.15, -0.1) is 0 Å². The molecule has 2 aromatic carbocycles. The maximum absolute atomic E-state index is 13.3. The molecule has 0 N–H and O–H groups in total. The summed E-state index contributed by atoms with van der Waals surface area (Å²) in [5, 5.41) is 0.855. The summed E-state index contributed by atoms with van der Waals surface area (Å²) < 4.78 is 13.3. The predicted octanol–water partition coefficient (Wildman–Crippen LogP) is 5.06. The number of benzene rings is 2. The van der Waals surface area contributed by atoms with Crippen LogP contribution in [-0.2, 0) is 0 Å². The standard InChI is InChI=1S/C22H21FN2O/c1-25(17-6-2-3-7-17)22(26)19-14-21(15-10-12-16(23)13-11-15)24-20-9-5-4-8-18(19)20/h4-5,8-14,17H,2-3,6-7H2,1H3. The van der Waals surface area contributed by atoms with Crippen molar-refractivity contribution in [3.05, 3.63) is 66.0 Å². The molecule has 0 spiro atoms. The molecule has 1 aliphatic carbocycles. The van der Waals surface area contributed by atoms with E-state index in [1.54, 1.807) is 12.1 Å². The van der Waals surface area contributed by atoms with Gasteiger partial charge in [0.2, 0.25) is 0 Å². The summed E-state index contributed by atoms with van der Waals surface area (Å²) in [6.45, 7) is 0. The zero-order valence-corrected chi connectivity index (χ0v) is 14.8. The van der Waals surface area contributed by atoms with Crippen molar-refractivity contribution >= 4 is 16.8 Å². The Hall–Kier alpha value is -2.75. The lowest BCUT2D eigenvalue weighted by atomic mass is 10.0. The summed E-state index contributed by atoms with van der Waals surface area (Å²) in [6, 6.07) is 16.1. The molecule has 1 fully saturated rings. The molecule has 3 nitrogen and oxygen atoms in total. The quantitative estimate of drug-likeness (QED) is 0.663. The van der Waals surface area contributed by atoms with Crippen molar-refractivity contribution in [2.24, 2.45) is 0 Å². The minimum absolute atomic E-state index is 0.0267. The fourth-order valence-electron chi connectivity index (χ4n) is 3.77. The molecule has 0 bridgehead atoms. The minimum atomic E-state index is -0.285. The zero-order chi connectivity index (χ0) is 18.1. The highest BCUT2D eigenvalue weighted by molar-refractivity contribution is 6.07. The third kappa shape index (κ3) is 3.07. The molecular weight excluding hydrogens is 327 g/mol. The van der Waals surface area contributed by atoms with E-state index in [-0.39, 0.29) is 11.7 Å². The number of halogens is 1. The van der Waals surface area contributed by atoms with Crippen molar-refractivity contribution in [2.45, 2.75) is 31.7 Å². The Labute approximate surface area is 152 Å². The molecule has 0 unspecified atom stereocenters. The summed E-state index contributed by atoms with van der Waals surface area (Å²) in [4.78, 5) is 19.8. The summed E-state index contributed by atoms with van der Waals surface area (Å²) >= 11 is 0. The SMILES string of the molecule is CN(C(=O)c1cc(-c2ccc(F)cc2)nc2ccccc12)C1CCCC1. The second kappa shape index (κ2) is 6.87. The lowest BCUT2D eigenvalue weighted by molar-refractivity contribution is 0.0737. The molecule has 4 heteroatoms. The molecule has 1 amide bonds. The Bertz CT molecular complexity index is 946. The molecule has 0 atom stereocenters. The third-order valence-electron chi connectivity index (χ3n) is 5.28. The molecule has 0 radical (unpaired) electrons. The van der Waals surface area contributed by atoms with Gasteiger partial charge in [0, 0.05) is 24.0 Å². The molecule has 3 aromatic rings. The topological polar surface area (TPSA) is 33.2 Å². The van der Waals surface area contributed by atoms with Crippen LogP contribution in [0.25, 0.3) is 22.2 Å². The van der Waals surface area contributed by atoms with Crippen molar-refractivity contribution < 1.29 is 9.18 Å². The van der Waals surface area contributed by atoms with E-state index in [1.165, 1.54) is 25.0 Å². The second-order valence-electron chi connectivity index (χ2n) is 6.93. The molecular formula is C22H21FN2O. The van der Waals surface area contributed by atoms with Crippen LogP contribution in [0.2, 0.25) is 0 Å². The molecule has 0 saturated heterocycles. The number of carbonyl (C=O) groups excluding carboxylic acids is 1. The van der Waals surface area contributed by atoms with Crippen molar-refractivity contribution in [2.75, 3.05) is 7.05 Å².